The fourth-order valence-electron chi connectivity index (χ4n) is 1.49. The Morgan fingerprint density at radius 1 is 1.44 bits per heavy atom. The van der Waals surface area contributed by atoms with E-state index in [4.69, 9.17) is 10.2 Å². The summed E-state index contributed by atoms with van der Waals surface area (Å²) in [5.74, 6) is 1.18. The quantitative estimate of drug-likeness (QED) is 0.868. The number of halogens is 3. The Hall–Kier alpha value is -1.01. The first-order chi connectivity index (χ1) is 7.34. The van der Waals surface area contributed by atoms with Gasteiger partial charge in [-0.1, -0.05) is 0 Å². The highest BCUT2D eigenvalue weighted by Gasteiger charge is 2.41. The van der Waals surface area contributed by atoms with E-state index in [2.05, 4.69) is 0 Å². The Bertz CT molecular complexity index is 335. The van der Waals surface area contributed by atoms with Crippen molar-refractivity contribution < 1.29 is 17.6 Å². The van der Waals surface area contributed by atoms with E-state index in [1.807, 2.05) is 0 Å². The summed E-state index contributed by atoms with van der Waals surface area (Å²) in [7, 11) is 1.38. The van der Waals surface area contributed by atoms with Crippen molar-refractivity contribution in [2.45, 2.75) is 25.7 Å². The fraction of sp³-hybridized carbons (Fsp3) is 0.600. The van der Waals surface area contributed by atoms with Crippen molar-refractivity contribution in [1.29, 1.82) is 0 Å². The van der Waals surface area contributed by atoms with Crippen LogP contribution in [0.1, 0.15) is 11.5 Å². The summed E-state index contributed by atoms with van der Waals surface area (Å²) >= 11 is 0. The number of nitrogens with two attached hydrogens (primary N) is 1. The van der Waals surface area contributed by atoms with E-state index in [9.17, 15) is 13.2 Å². The van der Waals surface area contributed by atoms with Gasteiger partial charge in [0.15, 0.2) is 0 Å². The van der Waals surface area contributed by atoms with Crippen LogP contribution in [0.4, 0.5) is 13.2 Å². The Morgan fingerprint density at radius 2 is 2.06 bits per heavy atom. The van der Waals surface area contributed by atoms with E-state index < -0.39 is 18.8 Å². The Labute approximate surface area is 92.0 Å². The fourth-order valence-corrected chi connectivity index (χ4v) is 1.49. The van der Waals surface area contributed by atoms with Crippen molar-refractivity contribution in [1.82, 2.24) is 4.90 Å². The largest absolute Gasteiger partial charge is 0.465 e. The minimum atomic E-state index is -4.31. The number of furan rings is 1. The number of likely N-dealkylation sites (N-methyl/N-ethyl adjacent to an activating group) is 1. The maximum absolute atomic E-state index is 12.5. The van der Waals surface area contributed by atoms with E-state index in [0.29, 0.717) is 11.5 Å². The third kappa shape index (κ3) is 3.24. The molecule has 0 fully saturated rings. The van der Waals surface area contributed by atoms with Crippen LogP contribution < -0.4 is 5.73 Å². The summed E-state index contributed by atoms with van der Waals surface area (Å²) in [5.41, 5.74) is 5.13. The van der Waals surface area contributed by atoms with Crippen LogP contribution in [-0.4, -0.2) is 30.7 Å². The summed E-state index contributed by atoms with van der Waals surface area (Å²) in [6.07, 6.45) is -4.31. The van der Waals surface area contributed by atoms with Crippen LogP contribution in [0.5, 0.6) is 0 Å². The molecule has 0 aliphatic carbocycles. The van der Waals surface area contributed by atoms with Crippen molar-refractivity contribution in [2.24, 2.45) is 5.73 Å². The molecule has 0 spiro atoms. The lowest BCUT2D eigenvalue weighted by Crippen LogP contribution is -2.47. The van der Waals surface area contributed by atoms with Gasteiger partial charge in [-0.25, -0.2) is 0 Å². The summed E-state index contributed by atoms with van der Waals surface area (Å²) < 4.78 is 42.8. The van der Waals surface area contributed by atoms with Gasteiger partial charge in [0.05, 0.1) is 6.54 Å². The van der Waals surface area contributed by atoms with E-state index in [0.717, 1.165) is 4.90 Å². The molecule has 0 aromatic carbocycles. The smallest absolute Gasteiger partial charge is 0.405 e. The third-order valence-electron chi connectivity index (χ3n) is 2.33. The highest BCUT2D eigenvalue weighted by molar-refractivity contribution is 5.05. The predicted octanol–water partition coefficient (Wildman–Crippen LogP) is 1.91. The second-order valence-electron chi connectivity index (χ2n) is 3.72. The molecule has 1 atom stereocenters. The molecule has 3 nitrogen and oxygen atoms in total. The van der Waals surface area contributed by atoms with Gasteiger partial charge < -0.3 is 10.2 Å². The van der Waals surface area contributed by atoms with E-state index in [1.54, 1.807) is 19.1 Å². The summed E-state index contributed by atoms with van der Waals surface area (Å²) in [5, 5.41) is 0. The molecule has 0 aliphatic heterocycles. The lowest BCUT2D eigenvalue weighted by atomic mass is 10.2. The molecule has 92 valence electrons. The first-order valence-electron chi connectivity index (χ1n) is 4.87. The number of aryl methyl sites for hydroxylation is 1. The van der Waals surface area contributed by atoms with Crippen molar-refractivity contribution in [3.8, 4) is 0 Å². The number of alkyl halides is 3. The second-order valence-corrected chi connectivity index (χ2v) is 3.72. The molecule has 1 unspecified atom stereocenters. The summed E-state index contributed by atoms with van der Waals surface area (Å²) in [6, 6.07) is 1.74. The molecule has 0 radical (unpaired) electrons. The standard InChI is InChI=1S/C10H15F3N2O/c1-7-3-4-8(16-7)6-15(2)9(5-14)10(11,12)13/h3-4,9H,5-6,14H2,1-2H3. The molecule has 1 rings (SSSR count). The zero-order valence-corrected chi connectivity index (χ0v) is 9.21. The lowest BCUT2D eigenvalue weighted by molar-refractivity contribution is -0.179. The third-order valence-corrected chi connectivity index (χ3v) is 2.33. The van der Waals surface area contributed by atoms with Gasteiger partial charge in [-0.3, -0.25) is 4.90 Å². The van der Waals surface area contributed by atoms with Crippen LogP contribution in [0.25, 0.3) is 0 Å². The summed E-state index contributed by atoms with van der Waals surface area (Å²) in [4.78, 5) is 1.14. The maximum atomic E-state index is 12.5. The van der Waals surface area contributed by atoms with Gasteiger partial charge in [0.1, 0.15) is 17.6 Å². The zero-order valence-electron chi connectivity index (χ0n) is 9.21. The molecular formula is C10H15F3N2O. The first-order valence-corrected chi connectivity index (χ1v) is 4.87. The minimum Gasteiger partial charge on any atom is -0.465 e. The molecule has 1 heterocycles. The minimum absolute atomic E-state index is 0.0925. The van der Waals surface area contributed by atoms with Crippen molar-refractivity contribution in [2.75, 3.05) is 13.6 Å². The molecular weight excluding hydrogens is 221 g/mol. The molecule has 6 heteroatoms. The Balaban J connectivity index is 2.66. The molecule has 16 heavy (non-hydrogen) atoms. The number of hydrogen-bond donors (Lipinski definition) is 1. The zero-order chi connectivity index (χ0) is 12.3. The average Bonchev–Trinajstić information content (AvgIpc) is 2.49. The van der Waals surface area contributed by atoms with Crippen LogP contribution in [0, 0.1) is 6.92 Å². The van der Waals surface area contributed by atoms with Gasteiger partial charge in [0.2, 0.25) is 0 Å². The van der Waals surface area contributed by atoms with Crippen LogP contribution >= 0.6 is 0 Å². The van der Waals surface area contributed by atoms with Gasteiger partial charge in [0, 0.05) is 6.54 Å². The summed E-state index contributed by atoms with van der Waals surface area (Å²) in [6.45, 7) is 1.38. The van der Waals surface area contributed by atoms with Crippen LogP contribution in [0.2, 0.25) is 0 Å². The van der Waals surface area contributed by atoms with Crippen molar-refractivity contribution in [3.05, 3.63) is 23.7 Å². The second kappa shape index (κ2) is 4.88. The lowest BCUT2D eigenvalue weighted by Gasteiger charge is -2.27. The molecule has 0 aliphatic rings. The van der Waals surface area contributed by atoms with Crippen LogP contribution in [0.3, 0.4) is 0 Å². The molecule has 1 aromatic rings. The molecule has 0 saturated carbocycles. The molecule has 2 N–H and O–H groups in total. The predicted molar refractivity (Wildman–Crippen MR) is 53.8 cm³/mol. The SMILES string of the molecule is Cc1ccc(CN(C)C(CN)C(F)(F)F)o1. The van der Waals surface area contributed by atoms with Gasteiger partial charge in [0.25, 0.3) is 0 Å². The first kappa shape index (κ1) is 13.1. The van der Waals surface area contributed by atoms with Gasteiger partial charge >= 0.3 is 6.18 Å². The Kier molecular flexibility index (Phi) is 3.98. The van der Waals surface area contributed by atoms with Gasteiger partial charge in [-0.2, -0.15) is 13.2 Å². The number of hydrogen-bond acceptors (Lipinski definition) is 3. The normalized spacial score (nSPS) is 14.4. The topological polar surface area (TPSA) is 42.4 Å². The van der Waals surface area contributed by atoms with Crippen molar-refractivity contribution in [3.63, 3.8) is 0 Å². The van der Waals surface area contributed by atoms with E-state index in [-0.39, 0.29) is 6.54 Å². The van der Waals surface area contributed by atoms with Crippen LogP contribution in [0.15, 0.2) is 16.5 Å². The van der Waals surface area contributed by atoms with Crippen molar-refractivity contribution >= 4 is 0 Å². The number of rotatable bonds is 4. The van der Waals surface area contributed by atoms with Crippen LogP contribution in [-0.2, 0) is 6.54 Å². The molecule has 0 saturated heterocycles. The molecule has 1 aromatic heterocycles. The van der Waals surface area contributed by atoms with Gasteiger partial charge in [-0.15, -0.1) is 0 Å². The average molecular weight is 236 g/mol. The highest BCUT2D eigenvalue weighted by Crippen LogP contribution is 2.24. The molecule has 0 amide bonds. The molecule has 0 bridgehead atoms. The Morgan fingerprint density at radius 3 is 2.44 bits per heavy atom. The van der Waals surface area contributed by atoms with E-state index in [1.165, 1.54) is 7.05 Å². The highest BCUT2D eigenvalue weighted by atomic mass is 19.4. The monoisotopic (exact) mass is 236 g/mol. The van der Waals surface area contributed by atoms with E-state index >= 15 is 0 Å². The van der Waals surface area contributed by atoms with Gasteiger partial charge in [-0.05, 0) is 26.1 Å². The number of nitrogens with zero attached hydrogens (tertiary/aromatic N) is 1. The maximum Gasteiger partial charge on any atom is 0.405 e.